The number of anilines is 1. The second-order valence-corrected chi connectivity index (χ2v) is 11.6. The fourth-order valence-electron chi connectivity index (χ4n) is 8.48. The van der Waals surface area contributed by atoms with Crippen LogP contribution in [0.5, 0.6) is 11.5 Å². The Morgan fingerprint density at radius 3 is 2.24 bits per heavy atom. The van der Waals surface area contributed by atoms with Crippen molar-refractivity contribution in [3.8, 4) is 11.5 Å². The van der Waals surface area contributed by atoms with Gasteiger partial charge in [-0.25, -0.2) is 0 Å². The van der Waals surface area contributed by atoms with Crippen LogP contribution in [-0.2, 0) is 10.4 Å². The number of nitrogens with zero attached hydrogens (tertiary/aromatic N) is 2. The second kappa shape index (κ2) is 6.25. The van der Waals surface area contributed by atoms with Crippen LogP contribution in [0.2, 0.25) is 0 Å². The molecule has 0 bridgehead atoms. The van der Waals surface area contributed by atoms with E-state index in [2.05, 4.69) is 60.2 Å². The highest BCUT2D eigenvalue weighted by Crippen LogP contribution is 2.91. The van der Waals surface area contributed by atoms with E-state index in [0.717, 1.165) is 37.1 Å². The molecule has 0 amide bonds. The van der Waals surface area contributed by atoms with Crippen LogP contribution in [0.3, 0.4) is 0 Å². The van der Waals surface area contributed by atoms with Crippen LogP contribution in [0.4, 0.5) is 5.69 Å². The van der Waals surface area contributed by atoms with Gasteiger partial charge in [-0.3, -0.25) is 4.84 Å². The molecule has 7 rings (SSSR count). The van der Waals surface area contributed by atoms with Crippen LogP contribution < -0.4 is 14.4 Å². The van der Waals surface area contributed by atoms with Gasteiger partial charge < -0.3 is 14.4 Å². The van der Waals surface area contributed by atoms with Gasteiger partial charge in [0.15, 0.2) is 0 Å². The summed E-state index contributed by atoms with van der Waals surface area (Å²) in [5.41, 5.74) is 3.47. The van der Waals surface area contributed by atoms with Gasteiger partial charge in [-0.05, 0) is 83.9 Å². The molecule has 2 aromatic rings. The molecule has 3 saturated carbocycles. The Morgan fingerprint density at radius 1 is 0.909 bits per heavy atom. The average Bonchev–Trinajstić information content (AvgIpc) is 3.59. The van der Waals surface area contributed by atoms with E-state index in [0.29, 0.717) is 16.7 Å². The molecule has 33 heavy (non-hydrogen) atoms. The summed E-state index contributed by atoms with van der Waals surface area (Å²) in [5.74, 6) is 3.42. The second-order valence-electron chi connectivity index (χ2n) is 11.6. The van der Waals surface area contributed by atoms with Crippen molar-refractivity contribution in [1.29, 1.82) is 0 Å². The van der Waals surface area contributed by atoms with Crippen molar-refractivity contribution in [2.24, 2.45) is 22.7 Å². The molecule has 5 fully saturated rings. The predicted octanol–water partition coefficient (Wildman–Crippen LogP) is 5.21. The zero-order valence-electron chi connectivity index (χ0n) is 20.1. The minimum absolute atomic E-state index is 0.00377. The normalized spacial score (nSPS) is 39.7. The van der Waals surface area contributed by atoms with Crippen LogP contribution >= 0.6 is 0 Å². The number of rotatable bonds is 4. The fraction of sp³-hybridized carbons (Fsp3) is 0.571. The van der Waals surface area contributed by atoms with Crippen LogP contribution in [0.15, 0.2) is 48.5 Å². The van der Waals surface area contributed by atoms with Gasteiger partial charge in [-0.1, -0.05) is 26.0 Å². The molecule has 2 aliphatic heterocycles. The first kappa shape index (κ1) is 20.2. The molecule has 174 valence electrons. The number of ether oxygens (including phenoxy) is 2. The lowest BCUT2D eigenvalue weighted by Gasteiger charge is -2.34. The third-order valence-electron chi connectivity index (χ3n) is 10.3. The lowest BCUT2D eigenvalue weighted by atomic mass is 9.74. The summed E-state index contributed by atoms with van der Waals surface area (Å²) < 4.78 is 10.8. The number of fused-ring (bicyclic) bond motifs is 2. The van der Waals surface area contributed by atoms with Crippen LogP contribution in [0, 0.1) is 22.7 Å². The maximum absolute atomic E-state index is 7.10. The lowest BCUT2D eigenvalue weighted by molar-refractivity contribution is -0.223. The Morgan fingerprint density at radius 2 is 1.58 bits per heavy atom. The van der Waals surface area contributed by atoms with Crippen molar-refractivity contribution < 1.29 is 14.3 Å². The van der Waals surface area contributed by atoms with E-state index in [1.165, 1.54) is 30.5 Å². The molecule has 5 nitrogen and oxygen atoms in total. The van der Waals surface area contributed by atoms with E-state index in [1.54, 1.807) is 14.2 Å². The number of hydrogen-bond donors (Lipinski definition) is 0. The SMILES string of the molecule is COc1ccc(N2CN3O[C@]4(CC[C@H]5C(C)(C)[C@@]56C[C@@H]46)C[C@@]3(c3ccc(OC)cc3)C2)cc1. The van der Waals surface area contributed by atoms with Crippen molar-refractivity contribution in [3.63, 3.8) is 0 Å². The average molecular weight is 447 g/mol. The molecular weight excluding hydrogens is 412 g/mol. The Labute approximate surface area is 196 Å². The first-order chi connectivity index (χ1) is 15.9. The highest BCUT2D eigenvalue weighted by molar-refractivity contribution is 5.52. The molecule has 5 aliphatic rings. The van der Waals surface area contributed by atoms with Crippen LogP contribution in [0.1, 0.15) is 45.1 Å². The summed E-state index contributed by atoms with van der Waals surface area (Å²) in [5, 5.41) is 2.33. The molecule has 0 radical (unpaired) electrons. The van der Waals surface area contributed by atoms with Crippen molar-refractivity contribution in [2.75, 3.05) is 32.3 Å². The molecule has 5 heteroatoms. The molecule has 3 aliphatic carbocycles. The van der Waals surface area contributed by atoms with Gasteiger partial charge >= 0.3 is 0 Å². The van der Waals surface area contributed by atoms with Gasteiger partial charge in [0.25, 0.3) is 0 Å². The van der Waals surface area contributed by atoms with E-state index < -0.39 is 0 Å². The minimum Gasteiger partial charge on any atom is -0.497 e. The first-order valence-electron chi connectivity index (χ1n) is 12.4. The van der Waals surface area contributed by atoms with E-state index in [4.69, 9.17) is 14.3 Å². The summed E-state index contributed by atoms with van der Waals surface area (Å²) in [4.78, 5) is 9.55. The monoisotopic (exact) mass is 446 g/mol. The summed E-state index contributed by atoms with van der Waals surface area (Å²) >= 11 is 0. The number of hydrogen-bond acceptors (Lipinski definition) is 5. The zero-order valence-corrected chi connectivity index (χ0v) is 20.1. The lowest BCUT2D eigenvalue weighted by Crippen LogP contribution is -2.40. The van der Waals surface area contributed by atoms with Crippen LogP contribution in [0.25, 0.3) is 0 Å². The maximum Gasteiger partial charge on any atom is 0.119 e. The number of benzene rings is 2. The Kier molecular flexibility index (Phi) is 3.82. The predicted molar refractivity (Wildman–Crippen MR) is 127 cm³/mol. The molecule has 2 aromatic carbocycles. The Balaban J connectivity index is 1.25. The first-order valence-corrected chi connectivity index (χ1v) is 12.4. The highest BCUT2D eigenvalue weighted by Gasteiger charge is 2.88. The molecular formula is C28H34N2O3. The molecule has 0 N–H and O–H groups in total. The zero-order chi connectivity index (χ0) is 22.6. The van der Waals surface area contributed by atoms with Gasteiger partial charge in [0, 0.05) is 18.7 Å². The van der Waals surface area contributed by atoms with Gasteiger partial charge in [0.05, 0.1) is 32.0 Å². The number of methoxy groups -OCH3 is 2. The third kappa shape index (κ3) is 2.40. The van der Waals surface area contributed by atoms with E-state index in [9.17, 15) is 0 Å². The van der Waals surface area contributed by atoms with Crippen molar-refractivity contribution in [1.82, 2.24) is 5.06 Å². The van der Waals surface area contributed by atoms with Gasteiger partial charge in [-0.15, -0.1) is 0 Å². The molecule has 0 aromatic heterocycles. The Bertz CT molecular complexity index is 1100. The smallest absolute Gasteiger partial charge is 0.119 e. The summed E-state index contributed by atoms with van der Waals surface area (Å²) in [6.45, 7) is 6.71. The van der Waals surface area contributed by atoms with Gasteiger partial charge in [-0.2, -0.15) is 5.06 Å². The quantitative estimate of drug-likeness (QED) is 0.644. The molecule has 5 atom stereocenters. The fourth-order valence-corrected chi connectivity index (χ4v) is 8.48. The van der Waals surface area contributed by atoms with E-state index in [1.807, 2.05) is 12.1 Å². The minimum atomic E-state index is -0.137. The largest absolute Gasteiger partial charge is 0.497 e. The molecule has 0 unspecified atom stereocenters. The summed E-state index contributed by atoms with van der Waals surface area (Å²) in [7, 11) is 3.45. The van der Waals surface area contributed by atoms with E-state index >= 15 is 0 Å². The van der Waals surface area contributed by atoms with Crippen molar-refractivity contribution >= 4 is 5.69 Å². The molecule has 2 spiro atoms. The van der Waals surface area contributed by atoms with Gasteiger partial charge in [0.2, 0.25) is 0 Å². The number of hydroxylamine groups is 2. The highest BCUT2D eigenvalue weighted by atomic mass is 16.7. The van der Waals surface area contributed by atoms with Crippen LogP contribution in [-0.4, -0.2) is 38.1 Å². The van der Waals surface area contributed by atoms with Crippen molar-refractivity contribution in [2.45, 2.75) is 50.7 Å². The third-order valence-corrected chi connectivity index (χ3v) is 10.3. The standard InChI is InChI=1S/C28H34N2O3/c1-25(2)23-13-14-27(24-15-28(23,24)25)16-26(19-5-9-21(31-3)10-6-19)17-29(18-30(26)33-27)20-7-11-22(32-4)12-8-20/h5-12,23-24H,13-18H2,1-4H3/t23-,24-,26-,27+,28-/m0/s1. The van der Waals surface area contributed by atoms with E-state index in [-0.39, 0.29) is 11.1 Å². The molecule has 2 saturated heterocycles. The topological polar surface area (TPSA) is 34.2 Å². The van der Waals surface area contributed by atoms with Gasteiger partial charge in [0.1, 0.15) is 11.5 Å². The Hall–Kier alpha value is -2.24. The summed E-state index contributed by atoms with van der Waals surface area (Å²) in [6, 6.07) is 17.1. The molecule has 2 heterocycles. The maximum atomic E-state index is 7.10. The van der Waals surface area contributed by atoms with Crippen molar-refractivity contribution in [3.05, 3.63) is 54.1 Å². The summed E-state index contributed by atoms with van der Waals surface area (Å²) in [6.07, 6.45) is 4.95.